The number of rotatable bonds is 8. The third kappa shape index (κ3) is 9.75. The van der Waals surface area contributed by atoms with Gasteiger partial charge in [0.25, 0.3) is 0 Å². The summed E-state index contributed by atoms with van der Waals surface area (Å²) >= 11 is 0. The number of hydrogen-bond donors (Lipinski definition) is 0. The molecule has 2 aliphatic heterocycles. The summed E-state index contributed by atoms with van der Waals surface area (Å²) in [4.78, 5) is 21.4. The average molecular weight is 288 g/mol. The van der Waals surface area contributed by atoms with E-state index in [2.05, 4.69) is 0 Å². The summed E-state index contributed by atoms with van der Waals surface area (Å²) in [6, 6.07) is 0. The Morgan fingerprint density at radius 3 is 1.50 bits per heavy atom. The lowest BCUT2D eigenvalue weighted by molar-refractivity contribution is -0.145. The first kappa shape index (κ1) is 16.9. The van der Waals surface area contributed by atoms with Crippen LogP contribution in [0.4, 0.5) is 0 Å². The predicted molar refractivity (Wildman–Crippen MR) is 71.2 cm³/mol. The molecule has 0 aromatic heterocycles. The van der Waals surface area contributed by atoms with Crippen molar-refractivity contribution in [2.24, 2.45) is 0 Å². The molecule has 0 radical (unpaired) electrons. The summed E-state index contributed by atoms with van der Waals surface area (Å²) in [7, 11) is 0. The van der Waals surface area contributed by atoms with Gasteiger partial charge in [0.2, 0.25) is 0 Å². The second kappa shape index (κ2) is 9.72. The Labute approximate surface area is 119 Å². The van der Waals surface area contributed by atoms with Crippen LogP contribution in [-0.2, 0) is 28.5 Å². The molecule has 2 atom stereocenters. The SMILES string of the molecule is CCCC(=O)OC[C@H]1CO1.CCCC(=O)OC[C@H]1CO1. The van der Waals surface area contributed by atoms with Crippen LogP contribution in [0.2, 0.25) is 0 Å². The van der Waals surface area contributed by atoms with Crippen molar-refractivity contribution in [3.8, 4) is 0 Å². The summed E-state index contributed by atoms with van der Waals surface area (Å²) in [5.41, 5.74) is 0. The minimum Gasteiger partial charge on any atom is -0.463 e. The lowest BCUT2D eigenvalue weighted by Gasteiger charge is -1.99. The number of epoxide rings is 2. The van der Waals surface area contributed by atoms with E-state index in [0.717, 1.165) is 26.1 Å². The van der Waals surface area contributed by atoms with Gasteiger partial charge in [-0.15, -0.1) is 0 Å². The van der Waals surface area contributed by atoms with E-state index in [4.69, 9.17) is 18.9 Å². The fourth-order valence-corrected chi connectivity index (χ4v) is 1.25. The van der Waals surface area contributed by atoms with E-state index in [1.54, 1.807) is 0 Å². The molecule has 116 valence electrons. The Morgan fingerprint density at radius 2 is 1.25 bits per heavy atom. The van der Waals surface area contributed by atoms with E-state index >= 15 is 0 Å². The average Bonchev–Trinajstić information content (AvgIpc) is 3.29. The molecule has 20 heavy (non-hydrogen) atoms. The molecule has 0 amide bonds. The molecule has 2 heterocycles. The first-order valence-corrected chi connectivity index (χ1v) is 7.20. The highest BCUT2D eigenvalue weighted by Gasteiger charge is 2.24. The van der Waals surface area contributed by atoms with Gasteiger partial charge >= 0.3 is 11.9 Å². The van der Waals surface area contributed by atoms with E-state index in [1.807, 2.05) is 13.8 Å². The zero-order valence-corrected chi connectivity index (χ0v) is 12.3. The molecular formula is C14H24O6. The van der Waals surface area contributed by atoms with Gasteiger partial charge in [-0.05, 0) is 12.8 Å². The van der Waals surface area contributed by atoms with Crippen molar-refractivity contribution in [3.63, 3.8) is 0 Å². The van der Waals surface area contributed by atoms with Crippen LogP contribution in [0.15, 0.2) is 0 Å². The van der Waals surface area contributed by atoms with Crippen molar-refractivity contribution < 1.29 is 28.5 Å². The smallest absolute Gasteiger partial charge is 0.305 e. The van der Waals surface area contributed by atoms with Gasteiger partial charge in [-0.25, -0.2) is 0 Å². The molecule has 2 rings (SSSR count). The Morgan fingerprint density at radius 1 is 0.900 bits per heavy atom. The topological polar surface area (TPSA) is 77.7 Å². The summed E-state index contributed by atoms with van der Waals surface area (Å²) < 4.78 is 19.4. The van der Waals surface area contributed by atoms with Crippen molar-refractivity contribution in [2.45, 2.75) is 51.7 Å². The Bertz CT molecular complexity index is 266. The van der Waals surface area contributed by atoms with Crippen LogP contribution in [-0.4, -0.2) is 50.6 Å². The van der Waals surface area contributed by atoms with Gasteiger partial charge in [-0.3, -0.25) is 9.59 Å². The van der Waals surface area contributed by atoms with Crippen molar-refractivity contribution >= 4 is 11.9 Å². The molecule has 0 saturated carbocycles. The van der Waals surface area contributed by atoms with Crippen molar-refractivity contribution in [1.29, 1.82) is 0 Å². The summed E-state index contributed by atoms with van der Waals surface area (Å²) in [5.74, 6) is -0.226. The zero-order valence-electron chi connectivity index (χ0n) is 12.3. The van der Waals surface area contributed by atoms with Gasteiger partial charge in [0.15, 0.2) is 0 Å². The standard InChI is InChI=1S/2C7H12O3/c2*1-2-3-7(8)10-5-6-4-9-6/h2*6H,2-5H2,1H3/t2*6-/m11/s1. The number of hydrogen-bond acceptors (Lipinski definition) is 6. The largest absolute Gasteiger partial charge is 0.463 e. The molecule has 2 saturated heterocycles. The summed E-state index contributed by atoms with van der Waals surface area (Å²) in [5, 5.41) is 0. The first-order valence-electron chi connectivity index (χ1n) is 7.20. The highest BCUT2D eigenvalue weighted by atomic mass is 16.6. The van der Waals surface area contributed by atoms with Crippen LogP contribution < -0.4 is 0 Å². The van der Waals surface area contributed by atoms with Crippen molar-refractivity contribution in [1.82, 2.24) is 0 Å². The van der Waals surface area contributed by atoms with E-state index in [1.165, 1.54) is 0 Å². The van der Waals surface area contributed by atoms with E-state index in [0.29, 0.717) is 26.1 Å². The van der Waals surface area contributed by atoms with Gasteiger partial charge < -0.3 is 18.9 Å². The van der Waals surface area contributed by atoms with Crippen molar-refractivity contribution in [2.75, 3.05) is 26.4 Å². The predicted octanol–water partition coefficient (Wildman–Crippen LogP) is 1.46. The van der Waals surface area contributed by atoms with E-state index in [-0.39, 0.29) is 24.1 Å². The molecule has 0 aromatic carbocycles. The second-order valence-electron chi connectivity index (χ2n) is 4.78. The molecule has 6 nitrogen and oxygen atoms in total. The quantitative estimate of drug-likeness (QED) is 0.497. The highest BCUT2D eigenvalue weighted by Crippen LogP contribution is 2.09. The maximum Gasteiger partial charge on any atom is 0.305 e. The normalized spacial score (nSPS) is 22.3. The van der Waals surface area contributed by atoms with E-state index in [9.17, 15) is 9.59 Å². The zero-order chi connectivity index (χ0) is 14.8. The molecule has 0 N–H and O–H groups in total. The number of esters is 2. The summed E-state index contributed by atoms with van der Waals surface area (Å²) in [6.07, 6.45) is 3.13. The van der Waals surface area contributed by atoms with Crippen LogP contribution in [0, 0.1) is 0 Å². The molecule has 0 bridgehead atoms. The monoisotopic (exact) mass is 288 g/mol. The van der Waals surface area contributed by atoms with Gasteiger partial charge in [0, 0.05) is 12.8 Å². The van der Waals surface area contributed by atoms with Crippen LogP contribution >= 0.6 is 0 Å². The Kier molecular flexibility index (Phi) is 8.22. The van der Waals surface area contributed by atoms with Crippen LogP contribution in [0.25, 0.3) is 0 Å². The molecule has 2 aliphatic rings. The third-order valence-electron chi connectivity index (χ3n) is 2.57. The highest BCUT2D eigenvalue weighted by molar-refractivity contribution is 5.69. The Hall–Kier alpha value is -1.14. The van der Waals surface area contributed by atoms with Gasteiger partial charge in [-0.2, -0.15) is 0 Å². The van der Waals surface area contributed by atoms with Gasteiger partial charge in [0.05, 0.1) is 13.2 Å². The fourth-order valence-electron chi connectivity index (χ4n) is 1.25. The summed E-state index contributed by atoms with van der Waals surface area (Å²) in [6.45, 7) is 6.29. The van der Waals surface area contributed by atoms with Crippen LogP contribution in [0.5, 0.6) is 0 Å². The van der Waals surface area contributed by atoms with Crippen LogP contribution in [0.3, 0.4) is 0 Å². The van der Waals surface area contributed by atoms with E-state index < -0.39 is 0 Å². The maximum absolute atomic E-state index is 10.7. The third-order valence-corrected chi connectivity index (χ3v) is 2.57. The fraction of sp³-hybridized carbons (Fsp3) is 0.857. The molecule has 0 spiro atoms. The van der Waals surface area contributed by atoms with Gasteiger partial charge in [0.1, 0.15) is 25.4 Å². The van der Waals surface area contributed by atoms with Gasteiger partial charge in [-0.1, -0.05) is 13.8 Å². The molecule has 0 aliphatic carbocycles. The number of carbonyl (C=O) groups is 2. The number of ether oxygens (including phenoxy) is 4. The lowest BCUT2D eigenvalue weighted by atomic mass is 10.3. The molecule has 6 heteroatoms. The minimum atomic E-state index is -0.113. The number of carbonyl (C=O) groups excluding carboxylic acids is 2. The van der Waals surface area contributed by atoms with Crippen LogP contribution in [0.1, 0.15) is 39.5 Å². The molecule has 2 fully saturated rings. The Balaban J connectivity index is 0.000000200. The first-order chi connectivity index (χ1) is 9.65. The molecule has 0 unspecified atom stereocenters. The molecule has 0 aromatic rings. The molecular weight excluding hydrogens is 264 g/mol. The maximum atomic E-state index is 10.7. The minimum absolute atomic E-state index is 0.113. The van der Waals surface area contributed by atoms with Crippen molar-refractivity contribution in [3.05, 3.63) is 0 Å². The lowest BCUT2D eigenvalue weighted by Crippen LogP contribution is -2.08. The second-order valence-corrected chi connectivity index (χ2v) is 4.78.